The molecular formula is C15H23N5O2S. The van der Waals surface area contributed by atoms with Crippen LogP contribution in [-0.4, -0.2) is 33.7 Å². The lowest BCUT2D eigenvalue weighted by atomic mass is 9.96. The Balaban J connectivity index is 1.67. The Kier molecular flexibility index (Phi) is 6.64. The van der Waals surface area contributed by atoms with Gasteiger partial charge < -0.3 is 5.32 Å². The van der Waals surface area contributed by atoms with E-state index in [-0.39, 0.29) is 23.7 Å². The van der Waals surface area contributed by atoms with Gasteiger partial charge in [0.25, 0.3) is 0 Å². The lowest BCUT2D eigenvalue weighted by Gasteiger charge is -2.22. The maximum atomic E-state index is 11.8. The number of rotatable bonds is 4. The number of carbonyl (C=O) groups excluding carboxylic acids is 2. The summed E-state index contributed by atoms with van der Waals surface area (Å²) in [5.74, 6) is -0.149. The maximum Gasteiger partial charge on any atom is 0.333 e. The quantitative estimate of drug-likeness (QED) is 0.443. The van der Waals surface area contributed by atoms with Crippen LogP contribution in [0.3, 0.4) is 0 Å². The van der Waals surface area contributed by atoms with E-state index in [1.165, 1.54) is 18.2 Å². The third kappa shape index (κ3) is 6.43. The van der Waals surface area contributed by atoms with E-state index in [1.807, 2.05) is 19.9 Å². The standard InChI is InChI=1S/C15H23N5O2S/c1-10-8-11(2)17-15(16-10)23-9-13(21)19-20-14(22)18-12-6-4-3-5-7-12/h8,12H,3-7,9H2,1-2H3,(H,19,21)(H2,18,20,22). The molecule has 0 bridgehead atoms. The topological polar surface area (TPSA) is 96.0 Å². The third-order valence-electron chi connectivity index (χ3n) is 3.55. The smallest absolute Gasteiger partial charge is 0.333 e. The molecule has 2 rings (SSSR count). The van der Waals surface area contributed by atoms with Crippen LogP contribution in [0.15, 0.2) is 11.2 Å². The largest absolute Gasteiger partial charge is 0.334 e. The number of hydrogen-bond donors (Lipinski definition) is 3. The molecule has 1 aromatic heterocycles. The van der Waals surface area contributed by atoms with E-state index < -0.39 is 0 Å². The van der Waals surface area contributed by atoms with Crippen LogP contribution in [0.1, 0.15) is 43.5 Å². The van der Waals surface area contributed by atoms with Crippen molar-refractivity contribution in [2.75, 3.05) is 5.75 Å². The summed E-state index contributed by atoms with van der Waals surface area (Å²) >= 11 is 1.24. The average molecular weight is 337 g/mol. The molecule has 0 unspecified atom stereocenters. The Morgan fingerprint density at radius 2 is 1.78 bits per heavy atom. The average Bonchev–Trinajstić information content (AvgIpc) is 2.51. The second-order valence-corrected chi connectivity index (χ2v) is 6.65. The minimum atomic E-state index is -0.363. The van der Waals surface area contributed by atoms with Crippen LogP contribution in [0.2, 0.25) is 0 Å². The van der Waals surface area contributed by atoms with Gasteiger partial charge in [-0.2, -0.15) is 0 Å². The van der Waals surface area contributed by atoms with E-state index in [0.717, 1.165) is 37.1 Å². The molecule has 7 nitrogen and oxygen atoms in total. The highest BCUT2D eigenvalue weighted by Gasteiger charge is 2.15. The molecule has 1 aromatic rings. The number of carbonyl (C=O) groups is 2. The Morgan fingerprint density at radius 3 is 2.43 bits per heavy atom. The Labute approximate surface area is 140 Å². The van der Waals surface area contributed by atoms with Gasteiger partial charge in [-0.3, -0.25) is 10.2 Å². The minimum Gasteiger partial charge on any atom is -0.334 e. The van der Waals surface area contributed by atoms with Gasteiger partial charge in [-0.15, -0.1) is 0 Å². The Bertz CT molecular complexity index is 541. The summed E-state index contributed by atoms with van der Waals surface area (Å²) in [4.78, 5) is 32.0. The summed E-state index contributed by atoms with van der Waals surface area (Å²) in [5.41, 5.74) is 6.51. The van der Waals surface area contributed by atoms with Crippen molar-refractivity contribution in [1.29, 1.82) is 0 Å². The first-order valence-electron chi connectivity index (χ1n) is 7.83. The van der Waals surface area contributed by atoms with Crippen molar-refractivity contribution in [3.63, 3.8) is 0 Å². The van der Waals surface area contributed by atoms with Gasteiger partial charge in [0.15, 0.2) is 5.16 Å². The molecule has 8 heteroatoms. The second-order valence-electron chi connectivity index (χ2n) is 5.70. The fourth-order valence-corrected chi connectivity index (χ4v) is 3.27. The van der Waals surface area contributed by atoms with Gasteiger partial charge in [0, 0.05) is 17.4 Å². The molecule has 0 radical (unpaired) electrons. The summed E-state index contributed by atoms with van der Waals surface area (Å²) in [5, 5.41) is 3.43. The van der Waals surface area contributed by atoms with Crippen LogP contribution in [-0.2, 0) is 4.79 Å². The molecule has 1 aliphatic carbocycles. The first kappa shape index (κ1) is 17.5. The van der Waals surface area contributed by atoms with Crippen LogP contribution in [0.25, 0.3) is 0 Å². The molecule has 0 spiro atoms. The summed E-state index contributed by atoms with van der Waals surface area (Å²) in [7, 11) is 0. The molecule has 1 aliphatic rings. The molecule has 3 amide bonds. The number of thioether (sulfide) groups is 1. The normalized spacial score (nSPS) is 15.0. The number of aryl methyl sites for hydroxylation is 2. The van der Waals surface area contributed by atoms with Gasteiger partial charge in [0.05, 0.1) is 5.75 Å². The van der Waals surface area contributed by atoms with Crippen LogP contribution < -0.4 is 16.2 Å². The molecule has 3 N–H and O–H groups in total. The van der Waals surface area contributed by atoms with Crippen molar-refractivity contribution in [3.05, 3.63) is 17.5 Å². The van der Waals surface area contributed by atoms with Gasteiger partial charge in [-0.1, -0.05) is 31.0 Å². The number of aromatic nitrogens is 2. The van der Waals surface area contributed by atoms with Crippen LogP contribution >= 0.6 is 11.8 Å². The van der Waals surface area contributed by atoms with Crippen molar-refractivity contribution in [1.82, 2.24) is 26.1 Å². The summed E-state index contributed by atoms with van der Waals surface area (Å²) in [6.45, 7) is 3.77. The predicted molar refractivity (Wildman–Crippen MR) is 88.9 cm³/mol. The molecule has 1 saturated carbocycles. The van der Waals surface area contributed by atoms with Gasteiger partial charge >= 0.3 is 6.03 Å². The fourth-order valence-electron chi connectivity index (χ4n) is 2.52. The zero-order valence-corrected chi connectivity index (χ0v) is 14.3. The molecule has 23 heavy (non-hydrogen) atoms. The Morgan fingerprint density at radius 1 is 1.13 bits per heavy atom. The van der Waals surface area contributed by atoms with Crippen molar-refractivity contribution in [3.8, 4) is 0 Å². The highest BCUT2D eigenvalue weighted by atomic mass is 32.2. The number of hydrogen-bond acceptors (Lipinski definition) is 5. The van der Waals surface area contributed by atoms with Crippen LogP contribution in [0.4, 0.5) is 4.79 Å². The van der Waals surface area contributed by atoms with Gasteiger partial charge in [-0.05, 0) is 32.8 Å². The molecule has 0 saturated heterocycles. The first-order chi connectivity index (χ1) is 11.0. The van der Waals surface area contributed by atoms with E-state index in [0.29, 0.717) is 5.16 Å². The molecule has 1 fully saturated rings. The number of amides is 3. The summed E-state index contributed by atoms with van der Waals surface area (Å²) in [6.07, 6.45) is 5.52. The van der Waals surface area contributed by atoms with Crippen molar-refractivity contribution in [2.45, 2.75) is 57.1 Å². The lowest BCUT2D eigenvalue weighted by molar-refractivity contribution is -0.119. The van der Waals surface area contributed by atoms with Gasteiger partial charge in [0.2, 0.25) is 5.91 Å². The lowest BCUT2D eigenvalue weighted by Crippen LogP contribution is -2.50. The minimum absolute atomic E-state index is 0.145. The third-order valence-corrected chi connectivity index (χ3v) is 4.40. The van der Waals surface area contributed by atoms with Crippen LogP contribution in [0.5, 0.6) is 0 Å². The van der Waals surface area contributed by atoms with E-state index in [1.54, 1.807) is 0 Å². The number of nitrogens with zero attached hydrogens (tertiary/aromatic N) is 2. The van der Waals surface area contributed by atoms with Gasteiger partial charge in [0.1, 0.15) is 0 Å². The van der Waals surface area contributed by atoms with Crippen molar-refractivity contribution in [2.24, 2.45) is 0 Å². The molecular weight excluding hydrogens is 314 g/mol. The van der Waals surface area contributed by atoms with E-state index in [4.69, 9.17) is 0 Å². The monoisotopic (exact) mass is 337 g/mol. The molecule has 0 aliphatic heterocycles. The van der Waals surface area contributed by atoms with Crippen molar-refractivity contribution >= 4 is 23.7 Å². The van der Waals surface area contributed by atoms with E-state index in [2.05, 4.69) is 26.1 Å². The van der Waals surface area contributed by atoms with E-state index >= 15 is 0 Å². The zero-order chi connectivity index (χ0) is 16.7. The SMILES string of the molecule is Cc1cc(C)nc(SCC(=O)NNC(=O)NC2CCCCC2)n1. The molecule has 0 aromatic carbocycles. The second kappa shape index (κ2) is 8.71. The number of nitrogens with one attached hydrogen (secondary N) is 3. The molecule has 0 atom stereocenters. The summed E-state index contributed by atoms with van der Waals surface area (Å²) < 4.78 is 0. The van der Waals surface area contributed by atoms with Crippen molar-refractivity contribution < 1.29 is 9.59 Å². The molecule has 126 valence electrons. The maximum absolute atomic E-state index is 11.8. The summed E-state index contributed by atoms with van der Waals surface area (Å²) in [6, 6.07) is 1.72. The fraction of sp³-hybridized carbons (Fsp3) is 0.600. The van der Waals surface area contributed by atoms with E-state index in [9.17, 15) is 9.59 Å². The molecule has 1 heterocycles. The van der Waals surface area contributed by atoms with Gasteiger partial charge in [-0.25, -0.2) is 20.2 Å². The predicted octanol–water partition coefficient (Wildman–Crippen LogP) is 1.85. The number of urea groups is 1. The highest BCUT2D eigenvalue weighted by molar-refractivity contribution is 7.99. The zero-order valence-electron chi connectivity index (χ0n) is 13.5. The highest BCUT2D eigenvalue weighted by Crippen LogP contribution is 2.17. The van der Waals surface area contributed by atoms with Crippen LogP contribution in [0, 0.1) is 13.8 Å². The Hall–Kier alpha value is -1.83. The first-order valence-corrected chi connectivity index (χ1v) is 8.82. The number of hydrazine groups is 1.